The molecule has 362 valence electrons. The summed E-state index contributed by atoms with van der Waals surface area (Å²) in [7, 11) is 0. The van der Waals surface area contributed by atoms with Crippen LogP contribution in [-0.2, 0) is 4.74 Å². The first-order chi connectivity index (χ1) is 30.2. The van der Waals surface area contributed by atoms with Crippen LogP contribution in [0.1, 0.15) is 323 Å². The third-order valence-electron chi connectivity index (χ3n) is 13.3. The molecule has 1 unspecified atom stereocenters. The van der Waals surface area contributed by atoms with E-state index in [1.54, 1.807) is 0 Å². The van der Waals surface area contributed by atoms with Crippen molar-refractivity contribution in [1.82, 2.24) is 4.90 Å². The van der Waals surface area contributed by atoms with Crippen molar-refractivity contribution in [3.63, 3.8) is 0 Å². The molecule has 0 aliphatic carbocycles. The lowest BCUT2D eigenvalue weighted by molar-refractivity contribution is 0.0533. The standard InChI is InChI=1S/C58H113NO2/c1-5-9-12-15-18-21-24-27-29-31-33-35-37-40-43-46-49-52-55-57(54-51-48-45-42-39-36-34-32-30-28-25-22-19-16-13-10-6-2)61-58(60)59(8-4)56-53-50-47-44-41-38-26-23-20-17-14-11-7-3/h27-30,57H,5-26,31-56H2,1-4H3/b29-27-,30-28-. The first-order valence-electron chi connectivity index (χ1n) is 28.4. The molecule has 0 aromatic heterocycles. The Morgan fingerprint density at radius 2 is 0.590 bits per heavy atom. The number of hydrogen-bond donors (Lipinski definition) is 0. The molecule has 0 fully saturated rings. The predicted molar refractivity (Wildman–Crippen MR) is 275 cm³/mol. The van der Waals surface area contributed by atoms with Gasteiger partial charge in [-0.2, -0.15) is 0 Å². The molecule has 0 N–H and O–H groups in total. The highest BCUT2D eigenvalue weighted by Gasteiger charge is 2.19. The number of amides is 1. The first-order valence-corrected chi connectivity index (χ1v) is 28.4. The fourth-order valence-electron chi connectivity index (χ4n) is 8.95. The fourth-order valence-corrected chi connectivity index (χ4v) is 8.95. The molecule has 0 radical (unpaired) electrons. The van der Waals surface area contributed by atoms with E-state index in [0.29, 0.717) is 0 Å². The molecule has 0 aliphatic rings. The van der Waals surface area contributed by atoms with Crippen LogP contribution in [0, 0.1) is 0 Å². The van der Waals surface area contributed by atoms with Crippen LogP contribution < -0.4 is 0 Å². The maximum absolute atomic E-state index is 13.4. The van der Waals surface area contributed by atoms with Crippen molar-refractivity contribution in [3.8, 4) is 0 Å². The molecule has 0 rings (SSSR count). The number of carbonyl (C=O) groups excluding carboxylic acids is 1. The van der Waals surface area contributed by atoms with Crippen molar-refractivity contribution < 1.29 is 9.53 Å². The van der Waals surface area contributed by atoms with E-state index in [0.717, 1.165) is 32.4 Å². The monoisotopic (exact) mass is 856 g/mol. The lowest BCUT2D eigenvalue weighted by atomic mass is 10.0. The Bertz CT molecular complexity index is 881. The molecule has 3 heteroatoms. The molecule has 0 bridgehead atoms. The van der Waals surface area contributed by atoms with Gasteiger partial charge in [-0.05, 0) is 90.4 Å². The van der Waals surface area contributed by atoms with Gasteiger partial charge in [-0.25, -0.2) is 4.79 Å². The van der Waals surface area contributed by atoms with E-state index in [-0.39, 0.29) is 12.2 Å². The van der Waals surface area contributed by atoms with Crippen molar-refractivity contribution in [2.45, 2.75) is 329 Å². The molecular weight excluding hydrogens is 743 g/mol. The normalized spacial score (nSPS) is 12.3. The number of rotatable bonds is 51. The highest BCUT2D eigenvalue weighted by Crippen LogP contribution is 2.20. The number of unbranched alkanes of at least 4 members (excludes halogenated alkanes) is 39. The number of hydrogen-bond acceptors (Lipinski definition) is 2. The summed E-state index contributed by atoms with van der Waals surface area (Å²) >= 11 is 0. The summed E-state index contributed by atoms with van der Waals surface area (Å²) in [5, 5.41) is 0. The maximum Gasteiger partial charge on any atom is 0.410 e. The molecule has 1 atom stereocenters. The van der Waals surface area contributed by atoms with Crippen molar-refractivity contribution in [1.29, 1.82) is 0 Å². The SMILES string of the molecule is CCCCCCCC/C=C\CCCCCCCCCCC(CCCCCCCCC/C=C\CCCCCCCC)OC(=O)N(CC)CCCCCCCCCCCCCCC. The summed E-state index contributed by atoms with van der Waals surface area (Å²) in [5.41, 5.74) is 0. The summed E-state index contributed by atoms with van der Waals surface area (Å²) in [4.78, 5) is 15.4. The van der Waals surface area contributed by atoms with Gasteiger partial charge in [0.15, 0.2) is 0 Å². The van der Waals surface area contributed by atoms with Gasteiger partial charge in [-0.3, -0.25) is 0 Å². The lowest BCUT2D eigenvalue weighted by Crippen LogP contribution is -2.35. The van der Waals surface area contributed by atoms with Crippen LogP contribution in [0.3, 0.4) is 0 Å². The first kappa shape index (κ1) is 59.8. The lowest BCUT2D eigenvalue weighted by Gasteiger charge is -2.25. The molecule has 0 spiro atoms. The van der Waals surface area contributed by atoms with E-state index >= 15 is 0 Å². The molecule has 3 nitrogen and oxygen atoms in total. The number of nitrogens with zero attached hydrogens (tertiary/aromatic N) is 1. The highest BCUT2D eigenvalue weighted by molar-refractivity contribution is 5.67. The van der Waals surface area contributed by atoms with E-state index in [4.69, 9.17) is 4.74 Å². The third kappa shape index (κ3) is 48.1. The van der Waals surface area contributed by atoms with Crippen molar-refractivity contribution >= 4 is 6.09 Å². The van der Waals surface area contributed by atoms with Gasteiger partial charge in [0, 0.05) is 13.1 Å². The van der Waals surface area contributed by atoms with Gasteiger partial charge in [0.2, 0.25) is 0 Å². The van der Waals surface area contributed by atoms with Crippen LogP contribution >= 0.6 is 0 Å². The van der Waals surface area contributed by atoms with Gasteiger partial charge in [-0.15, -0.1) is 0 Å². The largest absolute Gasteiger partial charge is 0.446 e. The zero-order valence-electron chi connectivity index (χ0n) is 42.6. The molecule has 0 aromatic carbocycles. The average Bonchev–Trinajstić information content (AvgIpc) is 3.27. The highest BCUT2D eigenvalue weighted by atomic mass is 16.6. The second kappa shape index (κ2) is 53.1. The van der Waals surface area contributed by atoms with E-state index in [1.807, 2.05) is 4.90 Å². The van der Waals surface area contributed by atoms with E-state index < -0.39 is 0 Å². The van der Waals surface area contributed by atoms with Gasteiger partial charge < -0.3 is 9.64 Å². The van der Waals surface area contributed by atoms with E-state index in [1.165, 1.54) is 276 Å². The average molecular weight is 857 g/mol. The van der Waals surface area contributed by atoms with E-state index in [9.17, 15) is 4.79 Å². The topological polar surface area (TPSA) is 29.5 Å². The minimum absolute atomic E-state index is 0.0512. The third-order valence-corrected chi connectivity index (χ3v) is 13.3. The second-order valence-electron chi connectivity index (χ2n) is 19.3. The minimum atomic E-state index is -0.0512. The Morgan fingerprint density at radius 3 is 0.869 bits per heavy atom. The summed E-state index contributed by atoms with van der Waals surface area (Å²) < 4.78 is 6.30. The smallest absolute Gasteiger partial charge is 0.410 e. The van der Waals surface area contributed by atoms with Gasteiger partial charge >= 0.3 is 6.09 Å². The van der Waals surface area contributed by atoms with Gasteiger partial charge in [0.25, 0.3) is 0 Å². The quantitative estimate of drug-likeness (QED) is 0.0451. The van der Waals surface area contributed by atoms with E-state index in [2.05, 4.69) is 52.0 Å². The molecule has 1 amide bonds. The van der Waals surface area contributed by atoms with Gasteiger partial charge in [-0.1, -0.05) is 257 Å². The molecule has 0 aromatic rings. The zero-order valence-corrected chi connectivity index (χ0v) is 42.6. The van der Waals surface area contributed by atoms with Crippen LogP contribution in [0.15, 0.2) is 24.3 Å². The summed E-state index contributed by atoms with van der Waals surface area (Å²) in [5.74, 6) is 0. The maximum atomic E-state index is 13.4. The van der Waals surface area contributed by atoms with Crippen LogP contribution in [0.5, 0.6) is 0 Å². The Labute approximate surface area is 385 Å². The number of ether oxygens (including phenoxy) is 1. The van der Waals surface area contributed by atoms with Crippen molar-refractivity contribution in [3.05, 3.63) is 24.3 Å². The molecule has 0 saturated carbocycles. The number of carbonyl (C=O) groups is 1. The Hall–Kier alpha value is -1.25. The van der Waals surface area contributed by atoms with Crippen molar-refractivity contribution in [2.75, 3.05) is 13.1 Å². The fraction of sp³-hybridized carbons (Fsp3) is 0.914. The van der Waals surface area contributed by atoms with Crippen LogP contribution in [0.25, 0.3) is 0 Å². The molecular formula is C58H113NO2. The minimum Gasteiger partial charge on any atom is -0.446 e. The molecule has 0 aliphatic heterocycles. The zero-order chi connectivity index (χ0) is 44.2. The number of allylic oxidation sites excluding steroid dienone is 4. The summed E-state index contributed by atoms with van der Waals surface area (Å²) in [6, 6.07) is 0. The Kier molecular flexibility index (Phi) is 52.0. The summed E-state index contributed by atoms with van der Waals surface area (Å²) in [6.07, 6.45) is 71.2. The molecule has 61 heavy (non-hydrogen) atoms. The molecule has 0 saturated heterocycles. The van der Waals surface area contributed by atoms with Gasteiger partial charge in [0.05, 0.1) is 0 Å². The second-order valence-corrected chi connectivity index (χ2v) is 19.3. The van der Waals surface area contributed by atoms with Crippen molar-refractivity contribution in [2.24, 2.45) is 0 Å². The van der Waals surface area contributed by atoms with Crippen LogP contribution in [-0.4, -0.2) is 30.2 Å². The Balaban J connectivity index is 4.34. The van der Waals surface area contributed by atoms with Gasteiger partial charge in [0.1, 0.15) is 6.10 Å². The summed E-state index contributed by atoms with van der Waals surface area (Å²) in [6.45, 7) is 10.6. The van der Waals surface area contributed by atoms with Crippen LogP contribution in [0.4, 0.5) is 4.79 Å². The Morgan fingerprint density at radius 1 is 0.344 bits per heavy atom. The predicted octanol–water partition coefficient (Wildman–Crippen LogP) is 20.9. The van der Waals surface area contributed by atoms with Crippen LogP contribution in [0.2, 0.25) is 0 Å². The molecule has 0 heterocycles.